The zero-order chi connectivity index (χ0) is 15.0. The van der Waals surface area contributed by atoms with E-state index in [1.807, 2.05) is 0 Å². The lowest BCUT2D eigenvalue weighted by atomic mass is 9.64. The Bertz CT molecular complexity index is 503. The summed E-state index contributed by atoms with van der Waals surface area (Å²) in [6.45, 7) is 7.21. The minimum Gasteiger partial charge on any atom is -0.327 e. The quantitative estimate of drug-likeness (QED) is 0.869. The first-order valence-electron chi connectivity index (χ1n) is 8.82. The molecule has 21 heavy (non-hydrogen) atoms. The molecule has 2 aliphatic rings. The number of nitrogens with two attached hydrogens (primary N) is 1. The van der Waals surface area contributed by atoms with Gasteiger partial charge in [0.15, 0.2) is 0 Å². The summed E-state index contributed by atoms with van der Waals surface area (Å²) in [5, 5.41) is 0. The number of benzene rings is 1. The lowest BCUT2D eigenvalue weighted by Crippen LogP contribution is -2.44. The molecule has 2 aliphatic carbocycles. The van der Waals surface area contributed by atoms with Gasteiger partial charge < -0.3 is 5.73 Å². The number of rotatable bonds is 3. The third-order valence-corrected chi connectivity index (χ3v) is 5.99. The van der Waals surface area contributed by atoms with Gasteiger partial charge in [-0.3, -0.25) is 0 Å². The number of hydrogen-bond acceptors (Lipinski definition) is 1. The Morgan fingerprint density at radius 2 is 1.90 bits per heavy atom. The van der Waals surface area contributed by atoms with Crippen molar-refractivity contribution in [3.8, 4) is 0 Å². The van der Waals surface area contributed by atoms with E-state index in [9.17, 15) is 0 Å². The summed E-state index contributed by atoms with van der Waals surface area (Å²) >= 11 is 0. The molecule has 2 N–H and O–H groups in total. The van der Waals surface area contributed by atoms with Gasteiger partial charge in [-0.1, -0.05) is 45.4 Å². The number of hydrogen-bond donors (Lipinski definition) is 1. The van der Waals surface area contributed by atoms with Gasteiger partial charge in [-0.25, -0.2) is 0 Å². The van der Waals surface area contributed by atoms with Crippen molar-refractivity contribution in [1.82, 2.24) is 0 Å². The van der Waals surface area contributed by atoms with E-state index in [1.54, 1.807) is 11.1 Å². The van der Waals surface area contributed by atoms with E-state index in [-0.39, 0.29) is 0 Å². The van der Waals surface area contributed by atoms with Gasteiger partial charge >= 0.3 is 0 Å². The predicted molar refractivity (Wildman–Crippen MR) is 90.4 cm³/mol. The second-order valence-corrected chi connectivity index (χ2v) is 8.31. The van der Waals surface area contributed by atoms with Gasteiger partial charge in [0.05, 0.1) is 0 Å². The topological polar surface area (TPSA) is 26.0 Å². The summed E-state index contributed by atoms with van der Waals surface area (Å²) in [5.74, 6) is 1.48. The van der Waals surface area contributed by atoms with Crippen LogP contribution in [0.4, 0.5) is 0 Å². The summed E-state index contributed by atoms with van der Waals surface area (Å²) in [6, 6.07) is 7.60. The highest BCUT2D eigenvalue weighted by atomic mass is 14.7. The Morgan fingerprint density at radius 1 is 1.14 bits per heavy atom. The van der Waals surface area contributed by atoms with Crippen LogP contribution in [0.3, 0.4) is 0 Å². The normalized spacial score (nSPS) is 29.4. The van der Waals surface area contributed by atoms with Crippen molar-refractivity contribution in [3.05, 3.63) is 34.9 Å². The van der Waals surface area contributed by atoms with E-state index in [0.29, 0.717) is 17.4 Å². The van der Waals surface area contributed by atoms with Crippen molar-refractivity contribution in [2.45, 2.75) is 71.8 Å². The first-order valence-corrected chi connectivity index (χ1v) is 8.82. The summed E-state index contributed by atoms with van der Waals surface area (Å²) in [5.41, 5.74) is 11.5. The molecule has 3 unspecified atom stereocenters. The maximum Gasteiger partial charge on any atom is 0.00749 e. The highest BCUT2D eigenvalue weighted by Gasteiger charge is 2.37. The van der Waals surface area contributed by atoms with Crippen LogP contribution in [0.15, 0.2) is 18.2 Å². The van der Waals surface area contributed by atoms with Crippen LogP contribution in [0.25, 0.3) is 0 Å². The molecular weight excluding hydrogens is 254 g/mol. The van der Waals surface area contributed by atoms with Gasteiger partial charge in [-0.2, -0.15) is 0 Å². The molecule has 1 saturated carbocycles. The highest BCUT2D eigenvalue weighted by Crippen LogP contribution is 2.41. The van der Waals surface area contributed by atoms with E-state index >= 15 is 0 Å². The third-order valence-electron chi connectivity index (χ3n) is 5.99. The fourth-order valence-electron chi connectivity index (χ4n) is 4.79. The van der Waals surface area contributed by atoms with Crippen LogP contribution in [0, 0.1) is 17.3 Å². The summed E-state index contributed by atoms with van der Waals surface area (Å²) in [6.07, 6.45) is 8.94. The first-order chi connectivity index (χ1) is 9.95. The van der Waals surface area contributed by atoms with Crippen molar-refractivity contribution in [1.29, 1.82) is 0 Å². The van der Waals surface area contributed by atoms with Crippen LogP contribution in [-0.4, -0.2) is 6.04 Å². The van der Waals surface area contributed by atoms with Gasteiger partial charge in [0, 0.05) is 6.04 Å². The van der Waals surface area contributed by atoms with Gasteiger partial charge in [0.2, 0.25) is 0 Å². The van der Waals surface area contributed by atoms with E-state index in [4.69, 9.17) is 5.73 Å². The second-order valence-electron chi connectivity index (χ2n) is 8.31. The van der Waals surface area contributed by atoms with Crippen LogP contribution in [0.2, 0.25) is 0 Å². The van der Waals surface area contributed by atoms with E-state index in [1.165, 1.54) is 50.5 Å². The zero-order valence-corrected chi connectivity index (χ0v) is 14.0. The third kappa shape index (κ3) is 3.18. The molecular formula is C20H31N. The molecule has 0 amide bonds. The van der Waals surface area contributed by atoms with Crippen molar-refractivity contribution < 1.29 is 0 Å². The van der Waals surface area contributed by atoms with Crippen molar-refractivity contribution in [2.24, 2.45) is 23.0 Å². The summed E-state index contributed by atoms with van der Waals surface area (Å²) in [7, 11) is 0. The lowest BCUT2D eigenvalue weighted by molar-refractivity contribution is 0.113. The maximum absolute atomic E-state index is 6.50. The highest BCUT2D eigenvalue weighted by molar-refractivity contribution is 5.35. The van der Waals surface area contributed by atoms with Gasteiger partial charge in [0.25, 0.3) is 0 Å². The fourth-order valence-corrected chi connectivity index (χ4v) is 4.79. The molecule has 0 spiro atoms. The average Bonchev–Trinajstić information content (AvgIpc) is 2.85. The van der Waals surface area contributed by atoms with Gasteiger partial charge in [-0.05, 0) is 72.5 Å². The van der Waals surface area contributed by atoms with Gasteiger partial charge in [-0.15, -0.1) is 0 Å². The monoisotopic (exact) mass is 285 g/mol. The van der Waals surface area contributed by atoms with Crippen LogP contribution in [0.1, 0.15) is 63.1 Å². The molecule has 3 rings (SSSR count). The SMILES string of the molecule is CC1CCC(C(C)(C)Cc2ccc3c(c2)CCC3)C(N)C1. The maximum atomic E-state index is 6.50. The fraction of sp³-hybridized carbons (Fsp3) is 0.700. The molecule has 1 nitrogen and oxygen atoms in total. The van der Waals surface area contributed by atoms with Crippen LogP contribution >= 0.6 is 0 Å². The molecule has 1 aromatic carbocycles. The molecule has 0 aliphatic heterocycles. The van der Waals surface area contributed by atoms with Gasteiger partial charge in [0.1, 0.15) is 0 Å². The smallest absolute Gasteiger partial charge is 0.00749 e. The van der Waals surface area contributed by atoms with Crippen molar-refractivity contribution in [2.75, 3.05) is 0 Å². The molecule has 0 aromatic heterocycles. The molecule has 0 radical (unpaired) electrons. The van der Waals surface area contributed by atoms with Crippen LogP contribution in [-0.2, 0) is 19.3 Å². The Balaban J connectivity index is 1.73. The summed E-state index contributed by atoms with van der Waals surface area (Å²) in [4.78, 5) is 0. The largest absolute Gasteiger partial charge is 0.327 e. The first kappa shape index (κ1) is 15.1. The summed E-state index contributed by atoms with van der Waals surface area (Å²) < 4.78 is 0. The van der Waals surface area contributed by atoms with Crippen molar-refractivity contribution in [3.63, 3.8) is 0 Å². The molecule has 116 valence electrons. The van der Waals surface area contributed by atoms with E-state index in [0.717, 1.165) is 5.92 Å². The second kappa shape index (κ2) is 5.76. The average molecular weight is 285 g/mol. The number of aryl methyl sites for hydroxylation is 2. The van der Waals surface area contributed by atoms with Crippen LogP contribution in [0.5, 0.6) is 0 Å². The molecule has 0 heterocycles. The molecule has 0 saturated heterocycles. The van der Waals surface area contributed by atoms with E-state index < -0.39 is 0 Å². The Morgan fingerprint density at radius 3 is 2.67 bits per heavy atom. The number of fused-ring (bicyclic) bond motifs is 1. The molecule has 1 aromatic rings. The minimum absolute atomic E-state index is 0.312. The molecule has 1 fully saturated rings. The predicted octanol–water partition coefficient (Wildman–Crippen LogP) is 4.51. The molecule has 0 bridgehead atoms. The van der Waals surface area contributed by atoms with Crippen molar-refractivity contribution >= 4 is 0 Å². The Labute approximate surface area is 130 Å². The molecule has 3 atom stereocenters. The Kier molecular flexibility index (Phi) is 4.14. The molecule has 1 heteroatoms. The minimum atomic E-state index is 0.312. The van der Waals surface area contributed by atoms with E-state index in [2.05, 4.69) is 39.0 Å². The lowest BCUT2D eigenvalue weighted by Gasteiger charge is -2.43. The standard InChI is InChI=1S/C20H31N/c1-14-7-10-18(19(21)11-14)20(2,3)13-15-8-9-16-5-4-6-17(16)12-15/h8-9,12,14,18-19H,4-7,10-11,13,21H2,1-3H3. The zero-order valence-electron chi connectivity index (χ0n) is 14.0. The van der Waals surface area contributed by atoms with Crippen LogP contribution < -0.4 is 5.73 Å². The Hall–Kier alpha value is -0.820.